The summed E-state index contributed by atoms with van der Waals surface area (Å²) in [5, 5.41) is 6.52. The summed E-state index contributed by atoms with van der Waals surface area (Å²) >= 11 is 12.0. The van der Waals surface area contributed by atoms with Gasteiger partial charge in [-0.1, -0.05) is 40.9 Å². The van der Waals surface area contributed by atoms with E-state index in [4.69, 9.17) is 27.9 Å². The highest BCUT2D eigenvalue weighted by molar-refractivity contribution is 6.35. The van der Waals surface area contributed by atoms with E-state index in [1.54, 1.807) is 18.2 Å². The van der Waals surface area contributed by atoms with Crippen LogP contribution in [0.5, 0.6) is 5.75 Å². The standard InChI is InChI=1S/C18H20Cl2N2O2/c1-4-24-17-8-5-11(2)9-14(17)12(3)21-18(23)22-16-10-13(19)6-7-15(16)20/h5-10,12H,4H2,1-3H3,(H2,21,22,23). The summed E-state index contributed by atoms with van der Waals surface area (Å²) in [7, 11) is 0. The molecule has 0 radical (unpaired) electrons. The molecule has 0 saturated carbocycles. The normalized spacial score (nSPS) is 11.7. The molecule has 0 aromatic heterocycles. The Morgan fingerprint density at radius 1 is 1.21 bits per heavy atom. The van der Waals surface area contributed by atoms with Crippen LogP contribution in [-0.2, 0) is 0 Å². The number of hydrogen-bond donors (Lipinski definition) is 2. The summed E-state index contributed by atoms with van der Waals surface area (Å²) in [4.78, 5) is 12.2. The minimum Gasteiger partial charge on any atom is -0.494 e. The van der Waals surface area contributed by atoms with Crippen LogP contribution >= 0.6 is 23.2 Å². The van der Waals surface area contributed by atoms with Gasteiger partial charge in [-0.3, -0.25) is 0 Å². The van der Waals surface area contributed by atoms with Crippen LogP contribution in [0.4, 0.5) is 10.5 Å². The van der Waals surface area contributed by atoms with Crippen molar-refractivity contribution in [1.82, 2.24) is 5.32 Å². The molecule has 0 aliphatic rings. The Labute approximate surface area is 152 Å². The van der Waals surface area contributed by atoms with Crippen LogP contribution < -0.4 is 15.4 Å². The number of anilines is 1. The van der Waals surface area contributed by atoms with E-state index in [0.717, 1.165) is 16.9 Å². The highest BCUT2D eigenvalue weighted by Crippen LogP contribution is 2.28. The number of urea groups is 1. The third-order valence-corrected chi connectivity index (χ3v) is 4.02. The van der Waals surface area contributed by atoms with Crippen LogP contribution in [0.3, 0.4) is 0 Å². The molecule has 6 heteroatoms. The third kappa shape index (κ3) is 4.79. The maximum atomic E-state index is 12.2. The summed E-state index contributed by atoms with van der Waals surface area (Å²) in [5.41, 5.74) is 2.48. The number of amides is 2. The Balaban J connectivity index is 2.11. The molecule has 0 bridgehead atoms. The smallest absolute Gasteiger partial charge is 0.319 e. The minimum absolute atomic E-state index is 0.232. The summed E-state index contributed by atoms with van der Waals surface area (Å²) < 4.78 is 5.64. The Hall–Kier alpha value is -1.91. The van der Waals surface area contributed by atoms with Gasteiger partial charge in [-0.2, -0.15) is 0 Å². The zero-order valence-corrected chi connectivity index (χ0v) is 15.3. The van der Waals surface area contributed by atoms with E-state index in [-0.39, 0.29) is 12.1 Å². The molecule has 24 heavy (non-hydrogen) atoms. The van der Waals surface area contributed by atoms with Crippen LogP contribution in [-0.4, -0.2) is 12.6 Å². The molecule has 2 rings (SSSR count). The first kappa shape index (κ1) is 18.4. The largest absolute Gasteiger partial charge is 0.494 e. The van der Waals surface area contributed by atoms with Crippen molar-refractivity contribution < 1.29 is 9.53 Å². The Morgan fingerprint density at radius 3 is 2.67 bits per heavy atom. The van der Waals surface area contributed by atoms with Crippen molar-refractivity contribution in [2.75, 3.05) is 11.9 Å². The average molecular weight is 367 g/mol. The lowest BCUT2D eigenvalue weighted by atomic mass is 10.0. The third-order valence-electron chi connectivity index (χ3n) is 3.46. The number of ether oxygens (including phenoxy) is 1. The van der Waals surface area contributed by atoms with Gasteiger partial charge in [-0.15, -0.1) is 0 Å². The summed E-state index contributed by atoms with van der Waals surface area (Å²) in [6, 6.07) is 10.2. The van der Waals surface area contributed by atoms with E-state index in [1.165, 1.54) is 0 Å². The molecule has 0 heterocycles. The molecular weight excluding hydrogens is 347 g/mol. The van der Waals surface area contributed by atoms with Crippen molar-refractivity contribution >= 4 is 34.9 Å². The van der Waals surface area contributed by atoms with Crippen LogP contribution in [0.2, 0.25) is 10.0 Å². The topological polar surface area (TPSA) is 50.4 Å². The van der Waals surface area contributed by atoms with Gasteiger partial charge in [0.2, 0.25) is 0 Å². The van der Waals surface area contributed by atoms with E-state index in [0.29, 0.717) is 22.3 Å². The van der Waals surface area contributed by atoms with Crippen LogP contribution in [0.1, 0.15) is 31.0 Å². The SMILES string of the molecule is CCOc1ccc(C)cc1C(C)NC(=O)Nc1cc(Cl)ccc1Cl. The first-order valence-corrected chi connectivity index (χ1v) is 8.42. The molecule has 128 valence electrons. The van der Waals surface area contributed by atoms with Crippen molar-refractivity contribution in [3.05, 3.63) is 57.6 Å². The van der Waals surface area contributed by atoms with Gasteiger partial charge in [0.05, 0.1) is 23.4 Å². The predicted molar refractivity (Wildman–Crippen MR) is 99.4 cm³/mol. The first-order valence-electron chi connectivity index (χ1n) is 7.66. The molecule has 4 nitrogen and oxygen atoms in total. The number of hydrogen-bond acceptors (Lipinski definition) is 2. The van der Waals surface area contributed by atoms with Gasteiger partial charge >= 0.3 is 6.03 Å². The maximum Gasteiger partial charge on any atom is 0.319 e. The Bertz CT molecular complexity index is 735. The van der Waals surface area contributed by atoms with Gasteiger partial charge in [0, 0.05) is 10.6 Å². The fourth-order valence-electron chi connectivity index (χ4n) is 2.32. The van der Waals surface area contributed by atoms with Crippen LogP contribution in [0.25, 0.3) is 0 Å². The number of aryl methyl sites for hydroxylation is 1. The quantitative estimate of drug-likeness (QED) is 0.724. The van der Waals surface area contributed by atoms with Crippen LogP contribution in [0, 0.1) is 6.92 Å². The number of benzene rings is 2. The van der Waals surface area contributed by atoms with E-state index in [2.05, 4.69) is 10.6 Å². The predicted octanol–water partition coefficient (Wildman–Crippen LogP) is 5.58. The highest BCUT2D eigenvalue weighted by Gasteiger charge is 2.15. The number of halogens is 2. The molecule has 1 atom stereocenters. The second kappa shape index (κ2) is 8.27. The molecule has 0 fully saturated rings. The second-order valence-electron chi connectivity index (χ2n) is 5.42. The molecule has 2 N–H and O–H groups in total. The molecule has 0 aliphatic heterocycles. The van der Waals surface area contributed by atoms with Gasteiger partial charge in [-0.05, 0) is 45.0 Å². The van der Waals surface area contributed by atoms with E-state index in [1.807, 2.05) is 39.0 Å². The zero-order chi connectivity index (χ0) is 17.7. The van der Waals surface area contributed by atoms with Gasteiger partial charge in [-0.25, -0.2) is 4.79 Å². The Morgan fingerprint density at radius 2 is 1.96 bits per heavy atom. The average Bonchev–Trinajstić information content (AvgIpc) is 2.52. The number of carbonyl (C=O) groups excluding carboxylic acids is 1. The lowest BCUT2D eigenvalue weighted by molar-refractivity contribution is 0.249. The number of nitrogens with one attached hydrogen (secondary N) is 2. The zero-order valence-electron chi connectivity index (χ0n) is 13.8. The van der Waals surface area contributed by atoms with Gasteiger partial charge in [0.15, 0.2) is 0 Å². The van der Waals surface area contributed by atoms with E-state index >= 15 is 0 Å². The van der Waals surface area contributed by atoms with Gasteiger partial charge in [0.1, 0.15) is 5.75 Å². The molecule has 2 aromatic rings. The molecule has 0 saturated heterocycles. The van der Waals surface area contributed by atoms with Gasteiger partial charge < -0.3 is 15.4 Å². The summed E-state index contributed by atoms with van der Waals surface area (Å²) in [6.07, 6.45) is 0. The lowest BCUT2D eigenvalue weighted by Crippen LogP contribution is -2.31. The molecular formula is C18H20Cl2N2O2. The summed E-state index contributed by atoms with van der Waals surface area (Å²) in [6.45, 7) is 6.39. The van der Waals surface area contributed by atoms with E-state index < -0.39 is 0 Å². The van der Waals surface area contributed by atoms with Gasteiger partial charge in [0.25, 0.3) is 0 Å². The minimum atomic E-state index is -0.365. The maximum absolute atomic E-state index is 12.2. The van der Waals surface area contributed by atoms with E-state index in [9.17, 15) is 4.79 Å². The molecule has 0 aliphatic carbocycles. The summed E-state index contributed by atoms with van der Waals surface area (Å²) in [5.74, 6) is 0.761. The molecule has 2 amide bonds. The van der Waals surface area contributed by atoms with Crippen molar-refractivity contribution in [3.8, 4) is 5.75 Å². The van der Waals surface area contributed by atoms with Crippen molar-refractivity contribution in [3.63, 3.8) is 0 Å². The Kier molecular flexibility index (Phi) is 6.35. The monoisotopic (exact) mass is 366 g/mol. The highest BCUT2D eigenvalue weighted by atomic mass is 35.5. The fourth-order valence-corrected chi connectivity index (χ4v) is 2.66. The van der Waals surface area contributed by atoms with Crippen LogP contribution in [0.15, 0.2) is 36.4 Å². The fraction of sp³-hybridized carbons (Fsp3) is 0.278. The molecule has 2 aromatic carbocycles. The molecule has 0 spiro atoms. The van der Waals surface area contributed by atoms with Crippen molar-refractivity contribution in [2.45, 2.75) is 26.8 Å². The lowest BCUT2D eigenvalue weighted by Gasteiger charge is -2.19. The number of carbonyl (C=O) groups is 1. The number of rotatable bonds is 5. The second-order valence-corrected chi connectivity index (χ2v) is 6.26. The van der Waals surface area contributed by atoms with Crippen molar-refractivity contribution in [1.29, 1.82) is 0 Å². The van der Waals surface area contributed by atoms with Crippen molar-refractivity contribution in [2.24, 2.45) is 0 Å². The first-order chi connectivity index (χ1) is 11.4. The molecule has 1 unspecified atom stereocenters.